The van der Waals surface area contributed by atoms with Crippen LogP contribution >= 0.6 is 0 Å². The van der Waals surface area contributed by atoms with Crippen molar-refractivity contribution in [1.82, 2.24) is 10.7 Å². The van der Waals surface area contributed by atoms with Crippen molar-refractivity contribution in [1.29, 1.82) is 0 Å². The molecule has 5 nitrogen and oxygen atoms in total. The zero-order chi connectivity index (χ0) is 14.3. The summed E-state index contributed by atoms with van der Waals surface area (Å²) in [7, 11) is 0. The summed E-state index contributed by atoms with van der Waals surface area (Å²) in [5, 5.41) is 6.66. The average Bonchev–Trinajstić information content (AvgIpc) is 2.21. The minimum absolute atomic E-state index is 0.0901. The molecule has 0 heterocycles. The summed E-state index contributed by atoms with van der Waals surface area (Å²) in [6.45, 7) is 12.4. The van der Waals surface area contributed by atoms with Crippen molar-refractivity contribution in [3.05, 3.63) is 0 Å². The van der Waals surface area contributed by atoms with Gasteiger partial charge in [0, 0.05) is 17.7 Å². The molecule has 0 spiro atoms. The van der Waals surface area contributed by atoms with Gasteiger partial charge < -0.3 is 5.32 Å². The number of rotatable bonds is 5. The highest BCUT2D eigenvalue weighted by Gasteiger charge is 2.15. The van der Waals surface area contributed by atoms with Crippen molar-refractivity contribution in [2.24, 2.45) is 16.4 Å². The van der Waals surface area contributed by atoms with E-state index in [-0.39, 0.29) is 23.7 Å². The van der Waals surface area contributed by atoms with E-state index >= 15 is 0 Å². The van der Waals surface area contributed by atoms with Crippen LogP contribution in [0.5, 0.6) is 0 Å². The molecule has 0 saturated heterocycles. The zero-order valence-corrected chi connectivity index (χ0v) is 12.3. The Bertz CT molecular complexity index is 328. The van der Waals surface area contributed by atoms with E-state index in [2.05, 4.69) is 15.8 Å². The van der Waals surface area contributed by atoms with Gasteiger partial charge in [0.25, 0.3) is 0 Å². The first kappa shape index (κ1) is 16.6. The van der Waals surface area contributed by atoms with Crippen molar-refractivity contribution in [2.45, 2.75) is 48.0 Å². The van der Waals surface area contributed by atoms with Crippen LogP contribution in [0.3, 0.4) is 0 Å². The highest BCUT2D eigenvalue weighted by Crippen LogP contribution is 2.14. The van der Waals surface area contributed by atoms with Gasteiger partial charge in [-0.3, -0.25) is 9.59 Å². The number of carbonyl (C=O) groups is 2. The van der Waals surface area contributed by atoms with Crippen LogP contribution in [0.25, 0.3) is 0 Å². The number of hydrazone groups is 1. The minimum atomic E-state index is -0.389. The average molecular weight is 255 g/mol. The van der Waals surface area contributed by atoms with Gasteiger partial charge >= 0.3 is 0 Å². The first-order valence-corrected chi connectivity index (χ1v) is 6.23. The van der Waals surface area contributed by atoms with Crippen LogP contribution < -0.4 is 10.7 Å². The molecule has 104 valence electrons. The topological polar surface area (TPSA) is 70.6 Å². The van der Waals surface area contributed by atoms with Gasteiger partial charge in [-0.1, -0.05) is 34.6 Å². The third-order valence-corrected chi connectivity index (χ3v) is 2.46. The molecular formula is C13H25N3O2. The fourth-order valence-corrected chi connectivity index (χ4v) is 0.880. The van der Waals surface area contributed by atoms with Gasteiger partial charge in [-0.05, 0) is 12.8 Å². The normalized spacial score (nSPS) is 12.5. The number of hydrogen-bond acceptors (Lipinski definition) is 3. The molecule has 0 saturated carbocycles. The molecule has 0 unspecified atom stereocenters. The largest absolute Gasteiger partial charge is 0.355 e. The number of nitrogens with one attached hydrogen (secondary N) is 2. The summed E-state index contributed by atoms with van der Waals surface area (Å²) in [4.78, 5) is 22.8. The summed E-state index contributed by atoms with van der Waals surface area (Å²) >= 11 is 0. The molecule has 0 radical (unpaired) electrons. The van der Waals surface area contributed by atoms with Crippen LogP contribution in [0.2, 0.25) is 0 Å². The van der Waals surface area contributed by atoms with Crippen LogP contribution in [-0.2, 0) is 9.59 Å². The van der Waals surface area contributed by atoms with E-state index in [1.165, 1.54) is 0 Å². The quantitative estimate of drug-likeness (QED) is 0.446. The fraction of sp³-hybridized carbons (Fsp3) is 0.769. The highest BCUT2D eigenvalue weighted by atomic mass is 16.2. The number of amides is 2. The molecule has 0 aromatic rings. The minimum Gasteiger partial charge on any atom is -0.355 e. The summed E-state index contributed by atoms with van der Waals surface area (Å²) in [6, 6.07) is 0. The molecule has 0 aliphatic heterocycles. The first-order chi connectivity index (χ1) is 8.12. The predicted octanol–water partition coefficient (Wildman–Crippen LogP) is 1.69. The first-order valence-electron chi connectivity index (χ1n) is 6.23. The maximum atomic E-state index is 11.5. The summed E-state index contributed by atoms with van der Waals surface area (Å²) in [5.74, 6) is -0.289. The Kier molecular flexibility index (Phi) is 6.58. The smallest absolute Gasteiger partial charge is 0.249 e. The van der Waals surface area contributed by atoms with Crippen molar-refractivity contribution >= 4 is 17.5 Å². The lowest BCUT2D eigenvalue weighted by Crippen LogP contribution is -2.32. The molecule has 0 atom stereocenters. The van der Waals surface area contributed by atoms with Crippen molar-refractivity contribution in [3.63, 3.8) is 0 Å². The second kappa shape index (κ2) is 7.13. The van der Waals surface area contributed by atoms with Crippen molar-refractivity contribution in [2.75, 3.05) is 6.54 Å². The van der Waals surface area contributed by atoms with Gasteiger partial charge in [-0.15, -0.1) is 0 Å². The van der Waals surface area contributed by atoms with Crippen LogP contribution in [0.15, 0.2) is 5.10 Å². The molecule has 18 heavy (non-hydrogen) atoms. The van der Waals surface area contributed by atoms with Crippen molar-refractivity contribution < 1.29 is 9.59 Å². The summed E-state index contributed by atoms with van der Waals surface area (Å²) in [6.07, 6.45) is -0.187. The van der Waals surface area contributed by atoms with E-state index in [4.69, 9.17) is 0 Å². The third kappa shape index (κ3) is 7.81. The maximum Gasteiger partial charge on any atom is 0.249 e. The van der Waals surface area contributed by atoms with Crippen LogP contribution in [0.4, 0.5) is 0 Å². The van der Waals surface area contributed by atoms with E-state index < -0.39 is 0 Å². The van der Waals surface area contributed by atoms with Crippen LogP contribution in [0, 0.1) is 11.3 Å². The Morgan fingerprint density at radius 2 is 1.72 bits per heavy atom. The molecule has 0 aromatic heterocycles. The molecule has 2 N–H and O–H groups in total. The van der Waals surface area contributed by atoms with Crippen molar-refractivity contribution in [3.8, 4) is 0 Å². The monoisotopic (exact) mass is 255 g/mol. The van der Waals surface area contributed by atoms with Crippen LogP contribution in [0.1, 0.15) is 48.0 Å². The molecule has 0 aliphatic carbocycles. The third-order valence-electron chi connectivity index (χ3n) is 2.46. The van der Waals surface area contributed by atoms with E-state index in [0.29, 0.717) is 12.5 Å². The Morgan fingerprint density at radius 3 is 2.17 bits per heavy atom. The number of nitrogens with zero attached hydrogens (tertiary/aromatic N) is 1. The van der Waals surface area contributed by atoms with Gasteiger partial charge in [0.2, 0.25) is 11.8 Å². The zero-order valence-electron chi connectivity index (χ0n) is 12.3. The van der Waals surface area contributed by atoms with Crippen LogP contribution in [-0.4, -0.2) is 24.1 Å². The second-order valence-corrected chi connectivity index (χ2v) is 5.86. The van der Waals surface area contributed by atoms with E-state index in [9.17, 15) is 9.59 Å². The number of hydrogen-bond donors (Lipinski definition) is 2. The molecular weight excluding hydrogens is 230 g/mol. The van der Waals surface area contributed by atoms with E-state index in [1.54, 1.807) is 0 Å². The molecule has 0 fully saturated rings. The standard InChI is InChI=1S/C13H25N3O2/c1-9(2)8-14-11(17)7-12(18)16-15-10(3)13(4,5)6/h9H,7-8H2,1-6H3,(H,14,17)(H,16,18)/b15-10+. The Hall–Kier alpha value is -1.39. The van der Waals surface area contributed by atoms with Gasteiger partial charge in [0.05, 0.1) is 0 Å². The van der Waals surface area contributed by atoms with Gasteiger partial charge in [0.1, 0.15) is 6.42 Å². The maximum absolute atomic E-state index is 11.5. The van der Waals surface area contributed by atoms with E-state index in [0.717, 1.165) is 5.71 Å². The van der Waals surface area contributed by atoms with E-state index in [1.807, 2.05) is 41.5 Å². The fourth-order valence-electron chi connectivity index (χ4n) is 0.880. The Morgan fingerprint density at radius 1 is 1.17 bits per heavy atom. The lowest BCUT2D eigenvalue weighted by molar-refractivity contribution is -0.129. The highest BCUT2D eigenvalue weighted by molar-refractivity contribution is 5.97. The Balaban J connectivity index is 4.09. The van der Waals surface area contributed by atoms with Gasteiger partial charge in [-0.2, -0.15) is 5.10 Å². The number of carbonyl (C=O) groups excluding carboxylic acids is 2. The molecule has 0 bridgehead atoms. The second-order valence-electron chi connectivity index (χ2n) is 5.86. The predicted molar refractivity (Wildman–Crippen MR) is 73.2 cm³/mol. The Labute approximate surface area is 109 Å². The summed E-state index contributed by atoms with van der Waals surface area (Å²) < 4.78 is 0. The molecule has 0 aromatic carbocycles. The molecule has 0 aliphatic rings. The molecule has 2 amide bonds. The lowest BCUT2D eigenvalue weighted by atomic mass is 9.91. The SMILES string of the molecule is C/C(=N\NC(=O)CC(=O)NCC(C)C)C(C)(C)C. The summed E-state index contributed by atoms with van der Waals surface area (Å²) in [5.41, 5.74) is 3.12. The van der Waals surface area contributed by atoms with Gasteiger partial charge in [0.15, 0.2) is 0 Å². The van der Waals surface area contributed by atoms with Gasteiger partial charge in [-0.25, -0.2) is 5.43 Å². The molecule has 5 heteroatoms. The molecule has 0 rings (SSSR count). The lowest BCUT2D eigenvalue weighted by Gasteiger charge is -2.17.